The highest BCUT2D eigenvalue weighted by Gasteiger charge is 2.22. The minimum atomic E-state index is -3.42. The van der Waals surface area contributed by atoms with E-state index in [1.807, 2.05) is 12.1 Å². The molecular formula is C18H24N4O3S. The van der Waals surface area contributed by atoms with Gasteiger partial charge in [-0.25, -0.2) is 8.42 Å². The molecular weight excluding hydrogens is 352 g/mol. The third kappa shape index (κ3) is 3.91. The van der Waals surface area contributed by atoms with Gasteiger partial charge in [-0.3, -0.25) is 4.72 Å². The van der Waals surface area contributed by atoms with E-state index in [9.17, 15) is 8.42 Å². The zero-order chi connectivity index (χ0) is 18.0. The molecule has 8 heteroatoms. The van der Waals surface area contributed by atoms with Crippen LogP contribution < -0.4 is 4.72 Å². The standard InChI is InChI=1S/C18H24N4O3S/c23-26(24,13-16-5-2-4-12-25-16)21-15-9-7-14(8-10-15)18-20-19-17-6-1-3-11-22(17)18/h7-10,16,21H,1-6,11-13H2. The predicted octanol–water partition coefficient (Wildman–Crippen LogP) is 2.59. The lowest BCUT2D eigenvalue weighted by molar-refractivity contribution is 0.0306. The molecule has 26 heavy (non-hydrogen) atoms. The minimum Gasteiger partial charge on any atom is -0.377 e. The van der Waals surface area contributed by atoms with Crippen LogP contribution in [0, 0.1) is 0 Å². The first kappa shape index (κ1) is 17.5. The second-order valence-corrected chi connectivity index (χ2v) is 8.76. The van der Waals surface area contributed by atoms with Gasteiger partial charge in [0.25, 0.3) is 0 Å². The number of aromatic nitrogens is 3. The molecule has 1 saturated heterocycles. The van der Waals surface area contributed by atoms with Crippen LogP contribution in [-0.2, 0) is 27.7 Å². The molecule has 0 spiro atoms. The van der Waals surface area contributed by atoms with Crippen molar-refractivity contribution >= 4 is 15.7 Å². The summed E-state index contributed by atoms with van der Waals surface area (Å²) in [6, 6.07) is 7.33. The van der Waals surface area contributed by atoms with Gasteiger partial charge in [0.05, 0.1) is 11.9 Å². The van der Waals surface area contributed by atoms with Gasteiger partial charge in [-0.15, -0.1) is 10.2 Å². The fraction of sp³-hybridized carbons (Fsp3) is 0.556. The highest BCUT2D eigenvalue weighted by molar-refractivity contribution is 7.92. The molecule has 1 aromatic carbocycles. The highest BCUT2D eigenvalue weighted by atomic mass is 32.2. The zero-order valence-corrected chi connectivity index (χ0v) is 15.5. The van der Waals surface area contributed by atoms with Crippen molar-refractivity contribution in [2.24, 2.45) is 0 Å². The van der Waals surface area contributed by atoms with Crippen LogP contribution in [0.3, 0.4) is 0 Å². The molecule has 1 unspecified atom stereocenters. The number of aryl methyl sites for hydroxylation is 1. The Morgan fingerprint density at radius 3 is 2.73 bits per heavy atom. The Balaban J connectivity index is 1.45. The van der Waals surface area contributed by atoms with E-state index in [0.717, 1.165) is 62.3 Å². The third-order valence-corrected chi connectivity index (χ3v) is 6.31. The molecule has 0 saturated carbocycles. The van der Waals surface area contributed by atoms with E-state index < -0.39 is 10.0 Å². The Morgan fingerprint density at radius 2 is 1.96 bits per heavy atom. The van der Waals surface area contributed by atoms with Crippen LogP contribution in [0.4, 0.5) is 5.69 Å². The van der Waals surface area contributed by atoms with Crippen LogP contribution in [-0.4, -0.2) is 41.6 Å². The molecule has 3 heterocycles. The van der Waals surface area contributed by atoms with Crippen LogP contribution in [0.25, 0.3) is 11.4 Å². The summed E-state index contributed by atoms with van der Waals surface area (Å²) in [5.41, 5.74) is 1.51. The van der Waals surface area contributed by atoms with Crippen LogP contribution in [0.1, 0.15) is 37.9 Å². The summed E-state index contributed by atoms with van der Waals surface area (Å²) in [5.74, 6) is 1.89. The number of hydrogen-bond acceptors (Lipinski definition) is 5. The van der Waals surface area contributed by atoms with Crippen molar-refractivity contribution in [3.63, 3.8) is 0 Å². The average Bonchev–Trinajstić information content (AvgIpc) is 3.07. The van der Waals surface area contributed by atoms with E-state index in [-0.39, 0.29) is 11.9 Å². The van der Waals surface area contributed by atoms with E-state index in [1.54, 1.807) is 12.1 Å². The molecule has 1 N–H and O–H groups in total. The summed E-state index contributed by atoms with van der Waals surface area (Å²) in [4.78, 5) is 0. The monoisotopic (exact) mass is 376 g/mol. The fourth-order valence-corrected chi connectivity index (χ4v) is 4.94. The van der Waals surface area contributed by atoms with E-state index >= 15 is 0 Å². The molecule has 1 fully saturated rings. The first-order valence-corrected chi connectivity index (χ1v) is 10.9. The molecule has 1 atom stereocenters. The van der Waals surface area contributed by atoms with E-state index in [1.165, 1.54) is 0 Å². The quantitative estimate of drug-likeness (QED) is 0.867. The fourth-order valence-electron chi connectivity index (χ4n) is 3.61. The van der Waals surface area contributed by atoms with Gasteiger partial charge in [0, 0.05) is 30.8 Å². The van der Waals surface area contributed by atoms with Gasteiger partial charge in [-0.2, -0.15) is 0 Å². The number of fused-ring (bicyclic) bond motifs is 1. The maximum absolute atomic E-state index is 12.4. The van der Waals surface area contributed by atoms with Crippen LogP contribution in [0.15, 0.2) is 24.3 Å². The largest absolute Gasteiger partial charge is 0.377 e. The normalized spacial score (nSPS) is 20.5. The topological polar surface area (TPSA) is 86.1 Å². The first-order valence-electron chi connectivity index (χ1n) is 9.25. The first-order chi connectivity index (χ1) is 12.6. The Hall–Kier alpha value is -1.93. The van der Waals surface area contributed by atoms with Crippen molar-refractivity contribution in [3.05, 3.63) is 30.1 Å². The van der Waals surface area contributed by atoms with Gasteiger partial charge in [-0.05, 0) is 56.4 Å². The Morgan fingerprint density at radius 1 is 1.12 bits per heavy atom. The maximum Gasteiger partial charge on any atom is 0.235 e. The Kier molecular flexibility index (Phi) is 4.95. The van der Waals surface area contributed by atoms with E-state index in [4.69, 9.17) is 4.74 Å². The number of benzene rings is 1. The SMILES string of the molecule is O=S(=O)(CC1CCCCO1)Nc1ccc(-c2nnc3n2CCCC3)cc1. The summed E-state index contributed by atoms with van der Waals surface area (Å²) < 4.78 is 35.1. The zero-order valence-electron chi connectivity index (χ0n) is 14.7. The molecule has 7 nitrogen and oxygen atoms in total. The number of sulfonamides is 1. The molecule has 2 aliphatic rings. The number of rotatable bonds is 5. The van der Waals surface area contributed by atoms with Crippen molar-refractivity contribution in [2.45, 2.75) is 51.2 Å². The molecule has 2 aliphatic heterocycles. The van der Waals surface area contributed by atoms with Gasteiger partial charge >= 0.3 is 0 Å². The van der Waals surface area contributed by atoms with Crippen molar-refractivity contribution in [1.82, 2.24) is 14.8 Å². The van der Waals surface area contributed by atoms with Gasteiger partial charge in [-0.1, -0.05) is 0 Å². The highest BCUT2D eigenvalue weighted by Crippen LogP contribution is 2.24. The van der Waals surface area contributed by atoms with E-state index in [2.05, 4.69) is 19.5 Å². The summed E-state index contributed by atoms with van der Waals surface area (Å²) in [7, 11) is -3.42. The number of anilines is 1. The smallest absolute Gasteiger partial charge is 0.235 e. The molecule has 0 aliphatic carbocycles. The summed E-state index contributed by atoms with van der Waals surface area (Å²) in [6.45, 7) is 1.59. The summed E-state index contributed by atoms with van der Waals surface area (Å²) >= 11 is 0. The van der Waals surface area contributed by atoms with Gasteiger partial charge in [0.1, 0.15) is 5.82 Å². The summed E-state index contributed by atoms with van der Waals surface area (Å²) in [5, 5.41) is 8.57. The lowest BCUT2D eigenvalue weighted by atomic mass is 10.1. The van der Waals surface area contributed by atoms with Gasteiger partial charge < -0.3 is 9.30 Å². The molecule has 1 aromatic heterocycles. The van der Waals surface area contributed by atoms with Crippen molar-refractivity contribution in [3.8, 4) is 11.4 Å². The van der Waals surface area contributed by atoms with Crippen LogP contribution >= 0.6 is 0 Å². The third-order valence-electron chi connectivity index (χ3n) is 4.96. The second-order valence-electron chi connectivity index (χ2n) is 7.00. The van der Waals surface area contributed by atoms with Crippen LogP contribution in [0.5, 0.6) is 0 Å². The van der Waals surface area contributed by atoms with Gasteiger partial charge in [0.2, 0.25) is 10.0 Å². The Labute approximate surface area is 153 Å². The number of nitrogens with zero attached hydrogens (tertiary/aromatic N) is 3. The molecule has 2 aromatic rings. The number of ether oxygens (including phenoxy) is 1. The lowest BCUT2D eigenvalue weighted by Gasteiger charge is -2.22. The van der Waals surface area contributed by atoms with Crippen molar-refractivity contribution < 1.29 is 13.2 Å². The molecule has 0 amide bonds. The van der Waals surface area contributed by atoms with Crippen molar-refractivity contribution in [1.29, 1.82) is 0 Å². The summed E-state index contributed by atoms with van der Waals surface area (Å²) in [6.07, 6.45) is 5.90. The molecule has 0 bridgehead atoms. The molecule has 4 rings (SSSR count). The number of hydrogen-bond donors (Lipinski definition) is 1. The van der Waals surface area contributed by atoms with Gasteiger partial charge in [0.15, 0.2) is 5.82 Å². The van der Waals surface area contributed by atoms with Crippen molar-refractivity contribution in [2.75, 3.05) is 17.1 Å². The minimum absolute atomic E-state index is 0.00639. The average molecular weight is 376 g/mol. The molecule has 140 valence electrons. The lowest BCUT2D eigenvalue weighted by Crippen LogP contribution is -2.30. The number of nitrogens with one attached hydrogen (secondary N) is 1. The van der Waals surface area contributed by atoms with Crippen LogP contribution in [0.2, 0.25) is 0 Å². The molecule has 0 radical (unpaired) electrons. The Bertz CT molecular complexity index is 855. The maximum atomic E-state index is 12.4. The predicted molar refractivity (Wildman–Crippen MR) is 99.4 cm³/mol. The van der Waals surface area contributed by atoms with E-state index in [0.29, 0.717) is 12.3 Å². The second kappa shape index (κ2) is 7.36.